The average molecular weight is 265 g/mol. The lowest BCUT2D eigenvalue weighted by Gasteiger charge is -2.07. The van der Waals surface area contributed by atoms with E-state index in [0.717, 1.165) is 34.0 Å². The highest BCUT2D eigenvalue weighted by Gasteiger charge is 2.07. The normalized spacial score (nSPS) is 10.5. The Morgan fingerprint density at radius 3 is 2.45 bits per heavy atom. The fraction of sp³-hybridized carbons (Fsp3) is 0.118. The van der Waals surface area contributed by atoms with E-state index < -0.39 is 0 Å². The molecule has 2 heterocycles. The minimum Gasteiger partial charge on any atom is -0.497 e. The zero-order valence-corrected chi connectivity index (χ0v) is 11.5. The molecular formula is C17H15NO2. The number of hydrogen-bond acceptors (Lipinski definition) is 3. The zero-order valence-electron chi connectivity index (χ0n) is 11.5. The molecule has 20 heavy (non-hydrogen) atoms. The van der Waals surface area contributed by atoms with E-state index in [2.05, 4.69) is 11.1 Å². The van der Waals surface area contributed by atoms with E-state index in [0.29, 0.717) is 0 Å². The molecule has 0 unspecified atom stereocenters. The van der Waals surface area contributed by atoms with Gasteiger partial charge in [0.25, 0.3) is 0 Å². The number of rotatable bonds is 3. The van der Waals surface area contributed by atoms with Gasteiger partial charge >= 0.3 is 0 Å². The zero-order chi connectivity index (χ0) is 13.9. The van der Waals surface area contributed by atoms with Gasteiger partial charge in [0, 0.05) is 5.69 Å². The SMILES string of the molecule is COc1ccc(-c2cc(C)nc(-c3ccco3)c2)cc1. The molecule has 3 rings (SSSR count). The summed E-state index contributed by atoms with van der Waals surface area (Å²) in [6.07, 6.45) is 1.66. The number of nitrogens with zero attached hydrogens (tertiary/aromatic N) is 1. The van der Waals surface area contributed by atoms with E-state index in [1.807, 2.05) is 49.4 Å². The third kappa shape index (κ3) is 2.43. The number of furan rings is 1. The van der Waals surface area contributed by atoms with Gasteiger partial charge in [-0.05, 0) is 54.4 Å². The summed E-state index contributed by atoms with van der Waals surface area (Å²) in [5, 5.41) is 0. The van der Waals surface area contributed by atoms with E-state index in [1.165, 1.54) is 0 Å². The summed E-state index contributed by atoms with van der Waals surface area (Å²) < 4.78 is 10.6. The Labute approximate surface area is 117 Å². The number of aryl methyl sites for hydroxylation is 1. The second-order valence-corrected chi connectivity index (χ2v) is 4.59. The van der Waals surface area contributed by atoms with E-state index in [1.54, 1.807) is 13.4 Å². The maximum Gasteiger partial charge on any atom is 0.152 e. The Balaban J connectivity index is 2.04. The van der Waals surface area contributed by atoms with Gasteiger partial charge in [-0.15, -0.1) is 0 Å². The molecule has 0 aliphatic rings. The molecule has 0 N–H and O–H groups in total. The summed E-state index contributed by atoms with van der Waals surface area (Å²) in [4.78, 5) is 4.52. The second kappa shape index (κ2) is 5.21. The number of aromatic nitrogens is 1. The van der Waals surface area contributed by atoms with E-state index in [-0.39, 0.29) is 0 Å². The molecular weight excluding hydrogens is 250 g/mol. The first-order chi connectivity index (χ1) is 9.76. The van der Waals surface area contributed by atoms with E-state index >= 15 is 0 Å². The lowest BCUT2D eigenvalue weighted by molar-refractivity contribution is 0.415. The van der Waals surface area contributed by atoms with Gasteiger partial charge in [0.05, 0.1) is 13.4 Å². The van der Waals surface area contributed by atoms with Crippen molar-refractivity contribution in [1.82, 2.24) is 4.98 Å². The van der Waals surface area contributed by atoms with Crippen LogP contribution in [0.4, 0.5) is 0 Å². The maximum absolute atomic E-state index is 5.42. The molecule has 2 aromatic heterocycles. The van der Waals surface area contributed by atoms with Crippen LogP contribution in [0.1, 0.15) is 5.69 Å². The first-order valence-corrected chi connectivity index (χ1v) is 6.43. The number of methoxy groups -OCH3 is 1. The van der Waals surface area contributed by atoms with Gasteiger partial charge in [0.2, 0.25) is 0 Å². The van der Waals surface area contributed by atoms with E-state index in [9.17, 15) is 0 Å². The summed E-state index contributed by atoms with van der Waals surface area (Å²) in [6.45, 7) is 1.99. The largest absolute Gasteiger partial charge is 0.497 e. The molecule has 100 valence electrons. The smallest absolute Gasteiger partial charge is 0.152 e. The number of pyridine rings is 1. The molecule has 3 nitrogen and oxygen atoms in total. The van der Waals surface area contributed by atoms with Crippen molar-refractivity contribution in [2.45, 2.75) is 6.92 Å². The molecule has 3 aromatic rings. The summed E-state index contributed by atoms with van der Waals surface area (Å²) in [7, 11) is 1.67. The molecule has 0 fully saturated rings. The van der Waals surface area contributed by atoms with Crippen LogP contribution in [0.2, 0.25) is 0 Å². The Hall–Kier alpha value is -2.55. The fourth-order valence-corrected chi connectivity index (χ4v) is 2.17. The Morgan fingerprint density at radius 2 is 1.80 bits per heavy atom. The third-order valence-electron chi connectivity index (χ3n) is 3.15. The van der Waals surface area contributed by atoms with Crippen LogP contribution in [-0.2, 0) is 0 Å². The monoisotopic (exact) mass is 265 g/mol. The fourth-order valence-electron chi connectivity index (χ4n) is 2.17. The van der Waals surface area contributed by atoms with Gasteiger partial charge in [-0.3, -0.25) is 0 Å². The predicted molar refractivity (Wildman–Crippen MR) is 78.7 cm³/mol. The average Bonchev–Trinajstić information content (AvgIpc) is 3.01. The molecule has 0 aliphatic heterocycles. The van der Waals surface area contributed by atoms with Crippen molar-refractivity contribution in [3.8, 4) is 28.3 Å². The van der Waals surface area contributed by atoms with Crippen LogP contribution in [-0.4, -0.2) is 12.1 Å². The first-order valence-electron chi connectivity index (χ1n) is 6.43. The van der Waals surface area contributed by atoms with Crippen LogP contribution in [0.3, 0.4) is 0 Å². The molecule has 0 radical (unpaired) electrons. The quantitative estimate of drug-likeness (QED) is 0.707. The topological polar surface area (TPSA) is 35.3 Å². The van der Waals surface area contributed by atoms with Crippen LogP contribution in [0.25, 0.3) is 22.6 Å². The molecule has 3 heteroatoms. The number of benzene rings is 1. The molecule has 0 saturated heterocycles. The van der Waals surface area contributed by atoms with Gasteiger partial charge in [-0.25, -0.2) is 4.98 Å². The van der Waals surface area contributed by atoms with Crippen molar-refractivity contribution < 1.29 is 9.15 Å². The Kier molecular flexibility index (Phi) is 3.25. The Morgan fingerprint density at radius 1 is 1.00 bits per heavy atom. The maximum atomic E-state index is 5.42. The Bertz CT molecular complexity index is 700. The van der Waals surface area contributed by atoms with Crippen LogP contribution in [0, 0.1) is 6.92 Å². The molecule has 0 saturated carbocycles. The van der Waals surface area contributed by atoms with Crippen molar-refractivity contribution >= 4 is 0 Å². The molecule has 0 aliphatic carbocycles. The van der Waals surface area contributed by atoms with Crippen molar-refractivity contribution in [2.24, 2.45) is 0 Å². The third-order valence-corrected chi connectivity index (χ3v) is 3.15. The van der Waals surface area contributed by atoms with Gasteiger partial charge < -0.3 is 9.15 Å². The lowest BCUT2D eigenvalue weighted by Crippen LogP contribution is -1.89. The number of hydrogen-bond donors (Lipinski definition) is 0. The number of ether oxygens (including phenoxy) is 1. The standard InChI is InChI=1S/C17H15NO2/c1-12-10-14(13-5-7-15(19-2)8-6-13)11-16(18-12)17-4-3-9-20-17/h3-11H,1-2H3. The first kappa shape index (κ1) is 12.5. The summed E-state index contributed by atoms with van der Waals surface area (Å²) >= 11 is 0. The predicted octanol–water partition coefficient (Wildman–Crippen LogP) is 4.33. The van der Waals surface area contributed by atoms with Crippen molar-refractivity contribution in [3.63, 3.8) is 0 Å². The minimum atomic E-state index is 0.781. The van der Waals surface area contributed by atoms with Crippen LogP contribution >= 0.6 is 0 Å². The summed E-state index contributed by atoms with van der Waals surface area (Å²) in [6, 6.07) is 15.9. The van der Waals surface area contributed by atoms with Crippen LogP contribution < -0.4 is 4.74 Å². The van der Waals surface area contributed by atoms with Crippen molar-refractivity contribution in [1.29, 1.82) is 0 Å². The lowest BCUT2D eigenvalue weighted by atomic mass is 10.0. The van der Waals surface area contributed by atoms with Crippen LogP contribution in [0.5, 0.6) is 5.75 Å². The van der Waals surface area contributed by atoms with Crippen molar-refractivity contribution in [3.05, 3.63) is 60.5 Å². The van der Waals surface area contributed by atoms with Crippen LogP contribution in [0.15, 0.2) is 59.2 Å². The van der Waals surface area contributed by atoms with Gasteiger partial charge in [-0.1, -0.05) is 12.1 Å². The van der Waals surface area contributed by atoms with Crippen molar-refractivity contribution in [2.75, 3.05) is 7.11 Å². The van der Waals surface area contributed by atoms with Gasteiger partial charge in [0.15, 0.2) is 5.76 Å². The van der Waals surface area contributed by atoms with Gasteiger partial charge in [-0.2, -0.15) is 0 Å². The minimum absolute atomic E-state index is 0.781. The summed E-state index contributed by atoms with van der Waals surface area (Å²) in [5.41, 5.74) is 4.06. The highest BCUT2D eigenvalue weighted by Crippen LogP contribution is 2.27. The molecule has 0 bridgehead atoms. The second-order valence-electron chi connectivity index (χ2n) is 4.59. The van der Waals surface area contributed by atoms with Gasteiger partial charge in [0.1, 0.15) is 11.4 Å². The highest BCUT2D eigenvalue weighted by molar-refractivity contribution is 5.69. The summed E-state index contributed by atoms with van der Waals surface area (Å²) in [5.74, 6) is 1.63. The molecule has 0 atom stereocenters. The molecule has 0 spiro atoms. The molecule has 1 aromatic carbocycles. The highest BCUT2D eigenvalue weighted by atomic mass is 16.5. The van der Waals surface area contributed by atoms with E-state index in [4.69, 9.17) is 9.15 Å². The molecule has 0 amide bonds.